The summed E-state index contributed by atoms with van der Waals surface area (Å²) in [5, 5.41) is 7.97. The molecule has 0 spiro atoms. The summed E-state index contributed by atoms with van der Waals surface area (Å²) >= 11 is 0. The van der Waals surface area contributed by atoms with Crippen molar-refractivity contribution in [3.63, 3.8) is 0 Å². The molecule has 1 N–H and O–H groups in total. The summed E-state index contributed by atoms with van der Waals surface area (Å²) in [7, 11) is 0. The first-order valence-corrected chi connectivity index (χ1v) is 13.2. The molecule has 12 nitrogen and oxygen atoms in total. The van der Waals surface area contributed by atoms with Crippen LogP contribution in [-0.4, -0.2) is 91.7 Å². The molecule has 4 aromatic heterocycles. The third kappa shape index (κ3) is 6.34. The van der Waals surface area contributed by atoms with E-state index in [9.17, 15) is 9.59 Å². The summed E-state index contributed by atoms with van der Waals surface area (Å²) < 4.78 is 7.23. The first-order valence-electron chi connectivity index (χ1n) is 13.2. The predicted molar refractivity (Wildman–Crippen MR) is 151 cm³/mol. The normalized spacial score (nSPS) is 14.2. The standard InChI is InChI=1S/C28H33N9O3/c1-28(2,3)40-27(39)35-16-13-34(14-17-35)15-18-36(20-38)24-19-29-11-9-21(24)31-26-23-8-6-12-37(23)33-25(32-26)22-7-4-5-10-30-22/h4-12,19-20H,13-18H2,1-3H3,(H,29,31,32,33). The summed E-state index contributed by atoms with van der Waals surface area (Å²) in [6, 6.07) is 11.2. The second-order valence-electron chi connectivity index (χ2n) is 10.5. The Morgan fingerprint density at radius 3 is 2.65 bits per heavy atom. The van der Waals surface area contributed by atoms with Crippen molar-refractivity contribution in [3.8, 4) is 11.5 Å². The summed E-state index contributed by atoms with van der Waals surface area (Å²) in [6.07, 6.45) is 7.40. The number of amides is 2. The van der Waals surface area contributed by atoms with Crippen molar-refractivity contribution in [2.45, 2.75) is 26.4 Å². The summed E-state index contributed by atoms with van der Waals surface area (Å²) in [6.45, 7) is 9.26. The average Bonchev–Trinajstić information content (AvgIpc) is 3.43. The fourth-order valence-electron chi connectivity index (χ4n) is 4.44. The van der Waals surface area contributed by atoms with Gasteiger partial charge >= 0.3 is 6.09 Å². The number of pyridine rings is 2. The topological polar surface area (TPSA) is 121 Å². The SMILES string of the molecule is CC(C)(C)OC(=O)N1CCN(CCN(C=O)c2cnccc2Nc2nc(-c3ccccn3)nn3cccc23)CC1. The zero-order valence-electron chi connectivity index (χ0n) is 22.9. The number of nitrogens with zero attached hydrogens (tertiary/aromatic N) is 8. The number of carbonyl (C=O) groups excluding carboxylic acids is 2. The zero-order chi connectivity index (χ0) is 28.1. The number of fused-ring (bicyclic) bond motifs is 1. The number of anilines is 3. The molecule has 0 aromatic carbocycles. The van der Waals surface area contributed by atoms with Crippen molar-refractivity contribution in [3.05, 3.63) is 61.2 Å². The second kappa shape index (κ2) is 11.7. The maximum atomic E-state index is 12.4. The van der Waals surface area contributed by atoms with Crippen LogP contribution in [-0.2, 0) is 9.53 Å². The van der Waals surface area contributed by atoms with E-state index >= 15 is 0 Å². The molecule has 0 saturated carbocycles. The highest BCUT2D eigenvalue weighted by atomic mass is 16.6. The second-order valence-corrected chi connectivity index (χ2v) is 10.5. The quantitative estimate of drug-likeness (QED) is 0.333. The summed E-state index contributed by atoms with van der Waals surface area (Å²) in [5.74, 6) is 1.05. The summed E-state index contributed by atoms with van der Waals surface area (Å²) in [5.41, 5.74) is 2.23. The van der Waals surface area contributed by atoms with Gasteiger partial charge < -0.3 is 19.9 Å². The van der Waals surface area contributed by atoms with Crippen molar-refractivity contribution >= 4 is 35.2 Å². The minimum Gasteiger partial charge on any atom is -0.444 e. The maximum absolute atomic E-state index is 12.4. The predicted octanol–water partition coefficient (Wildman–Crippen LogP) is 3.45. The van der Waals surface area contributed by atoms with Crippen molar-refractivity contribution in [1.29, 1.82) is 0 Å². The molecule has 2 amide bonds. The number of aromatic nitrogens is 5. The van der Waals surface area contributed by atoms with E-state index in [4.69, 9.17) is 9.72 Å². The Hall–Kier alpha value is -4.58. The van der Waals surface area contributed by atoms with E-state index in [1.54, 1.807) is 32.9 Å². The smallest absolute Gasteiger partial charge is 0.410 e. The molecule has 1 fully saturated rings. The van der Waals surface area contributed by atoms with Gasteiger partial charge in [-0.15, -0.1) is 5.10 Å². The number of nitrogens with one attached hydrogen (secondary N) is 1. The number of ether oxygens (including phenoxy) is 1. The molecule has 0 atom stereocenters. The van der Waals surface area contributed by atoms with Crippen molar-refractivity contribution in [2.24, 2.45) is 0 Å². The van der Waals surface area contributed by atoms with Gasteiger partial charge in [0.25, 0.3) is 0 Å². The molecule has 0 bridgehead atoms. The molecule has 208 valence electrons. The van der Waals surface area contributed by atoms with E-state index in [0.29, 0.717) is 68.0 Å². The van der Waals surface area contributed by atoms with E-state index < -0.39 is 5.60 Å². The van der Waals surface area contributed by atoms with Gasteiger partial charge in [0.15, 0.2) is 5.82 Å². The van der Waals surface area contributed by atoms with Crippen LogP contribution in [0.3, 0.4) is 0 Å². The average molecular weight is 544 g/mol. The molecule has 0 aliphatic carbocycles. The Balaban J connectivity index is 1.28. The van der Waals surface area contributed by atoms with Crippen molar-refractivity contribution in [2.75, 3.05) is 49.5 Å². The molecular weight excluding hydrogens is 510 g/mol. The third-order valence-electron chi connectivity index (χ3n) is 6.46. The Bertz CT molecular complexity index is 1460. The number of hydrogen-bond acceptors (Lipinski definition) is 9. The van der Waals surface area contributed by atoms with Crippen LogP contribution < -0.4 is 10.2 Å². The van der Waals surface area contributed by atoms with Gasteiger partial charge in [0.1, 0.15) is 16.8 Å². The van der Waals surface area contributed by atoms with E-state index in [1.165, 1.54) is 0 Å². The molecule has 12 heteroatoms. The minimum atomic E-state index is -0.521. The molecule has 0 unspecified atom stereocenters. The Labute approximate surface area is 232 Å². The van der Waals surface area contributed by atoms with Gasteiger partial charge in [0, 0.05) is 57.9 Å². The maximum Gasteiger partial charge on any atom is 0.410 e. The largest absolute Gasteiger partial charge is 0.444 e. The molecule has 1 aliphatic rings. The fraction of sp³-hybridized carbons (Fsp3) is 0.357. The highest BCUT2D eigenvalue weighted by molar-refractivity contribution is 5.86. The lowest BCUT2D eigenvalue weighted by Crippen LogP contribution is -2.51. The van der Waals surface area contributed by atoms with E-state index in [1.807, 2.05) is 63.4 Å². The Morgan fingerprint density at radius 2 is 1.93 bits per heavy atom. The molecule has 4 aromatic rings. The van der Waals surface area contributed by atoms with Crippen LogP contribution in [0, 0.1) is 0 Å². The van der Waals surface area contributed by atoms with Crippen molar-refractivity contribution in [1.82, 2.24) is 34.4 Å². The van der Waals surface area contributed by atoms with Gasteiger partial charge in [-0.05, 0) is 51.1 Å². The lowest BCUT2D eigenvalue weighted by Gasteiger charge is -2.36. The van der Waals surface area contributed by atoms with Gasteiger partial charge in [0.2, 0.25) is 12.2 Å². The van der Waals surface area contributed by atoms with Crippen LogP contribution >= 0.6 is 0 Å². The Kier molecular flexibility index (Phi) is 7.87. The minimum absolute atomic E-state index is 0.291. The molecule has 1 saturated heterocycles. The Morgan fingerprint density at radius 1 is 1.10 bits per heavy atom. The van der Waals surface area contributed by atoms with Crippen LogP contribution in [0.25, 0.3) is 17.0 Å². The fourth-order valence-corrected chi connectivity index (χ4v) is 4.44. The highest BCUT2D eigenvalue weighted by Gasteiger charge is 2.26. The third-order valence-corrected chi connectivity index (χ3v) is 6.46. The molecule has 40 heavy (non-hydrogen) atoms. The van der Waals surface area contributed by atoms with Gasteiger partial charge in [-0.25, -0.2) is 14.3 Å². The van der Waals surface area contributed by atoms with Crippen molar-refractivity contribution < 1.29 is 14.3 Å². The number of rotatable bonds is 8. The molecule has 0 radical (unpaired) electrons. The highest BCUT2D eigenvalue weighted by Crippen LogP contribution is 2.29. The molecule has 5 rings (SSSR count). The lowest BCUT2D eigenvalue weighted by atomic mass is 10.2. The van der Waals surface area contributed by atoms with Gasteiger partial charge in [-0.1, -0.05) is 6.07 Å². The summed E-state index contributed by atoms with van der Waals surface area (Å²) in [4.78, 5) is 43.6. The van der Waals surface area contributed by atoms with Gasteiger partial charge in [-0.3, -0.25) is 19.7 Å². The van der Waals surface area contributed by atoms with Crippen LogP contribution in [0.5, 0.6) is 0 Å². The number of piperazine rings is 1. The molecular formula is C28H33N9O3. The van der Waals surface area contributed by atoms with Gasteiger partial charge in [-0.2, -0.15) is 0 Å². The number of hydrogen-bond donors (Lipinski definition) is 1. The van der Waals surface area contributed by atoms with Crippen LogP contribution in [0.4, 0.5) is 22.0 Å². The lowest BCUT2D eigenvalue weighted by molar-refractivity contribution is -0.107. The van der Waals surface area contributed by atoms with E-state index in [-0.39, 0.29) is 6.09 Å². The number of carbonyl (C=O) groups is 2. The van der Waals surface area contributed by atoms with E-state index in [0.717, 1.165) is 11.9 Å². The first-order chi connectivity index (χ1) is 19.3. The zero-order valence-corrected chi connectivity index (χ0v) is 22.9. The van der Waals surface area contributed by atoms with Crippen LogP contribution in [0.2, 0.25) is 0 Å². The first kappa shape index (κ1) is 27.0. The van der Waals surface area contributed by atoms with Crippen LogP contribution in [0.15, 0.2) is 61.2 Å². The molecule has 1 aliphatic heterocycles. The van der Waals surface area contributed by atoms with Crippen LogP contribution in [0.1, 0.15) is 20.8 Å². The molecule has 5 heterocycles. The monoisotopic (exact) mass is 543 g/mol. The van der Waals surface area contributed by atoms with E-state index in [2.05, 4.69) is 25.3 Å². The van der Waals surface area contributed by atoms with Gasteiger partial charge in [0.05, 0.1) is 17.6 Å².